The fraction of sp³-hybridized carbons (Fsp3) is 0. The maximum absolute atomic E-state index is 10.4. The van der Waals surface area contributed by atoms with Crippen LogP contribution in [-0.2, 0) is 22.3 Å². The normalized spacial score (nSPS) is 10.5. The minimum atomic E-state index is -5.46. The van der Waals surface area contributed by atoms with Gasteiger partial charge < -0.3 is 24.5 Å². The SMILES string of the molecule is O=P(O)(O)OP(=O)(O)OP(=O)(O)O.[K].[K].[K].[K].[K]. The maximum atomic E-state index is 10.4. The smallest absolute Gasteiger partial charge is 0.302 e. The Labute approximate surface area is 316 Å². The maximum Gasteiger partial charge on any atom is 0.490 e. The van der Waals surface area contributed by atoms with Crippen molar-refractivity contribution >= 4 is 280 Å². The third kappa shape index (κ3) is 32.3. The van der Waals surface area contributed by atoms with Gasteiger partial charge in [0, 0.05) is 257 Å². The number of rotatable bonds is 4. The second-order valence-electron chi connectivity index (χ2n) is 1.61. The Morgan fingerprint density at radius 2 is 0.722 bits per heavy atom. The van der Waals surface area contributed by atoms with Crippen LogP contribution in [0.5, 0.6) is 0 Å². The zero-order chi connectivity index (χ0) is 10.9. The number of hydrogen-bond donors (Lipinski definition) is 5. The first kappa shape index (κ1) is 41.1. The van der Waals surface area contributed by atoms with Crippen molar-refractivity contribution in [2.45, 2.75) is 0 Å². The van der Waals surface area contributed by atoms with Gasteiger partial charge in [-0.2, -0.15) is 8.62 Å². The monoisotopic (exact) mass is 453 g/mol. The van der Waals surface area contributed by atoms with E-state index in [0.29, 0.717) is 0 Å². The van der Waals surface area contributed by atoms with Crippen molar-refractivity contribution < 1.29 is 46.8 Å². The number of hydrogen-bond acceptors (Lipinski definition) is 5. The minimum absolute atomic E-state index is 0. The van der Waals surface area contributed by atoms with Crippen molar-refractivity contribution in [1.29, 1.82) is 0 Å². The fourth-order valence-corrected chi connectivity index (χ4v) is 2.82. The topological polar surface area (TPSA) is 171 Å². The molecule has 0 fully saturated rings. The van der Waals surface area contributed by atoms with Crippen LogP contribution in [0.25, 0.3) is 0 Å². The van der Waals surface area contributed by atoms with E-state index in [0.717, 1.165) is 0 Å². The van der Waals surface area contributed by atoms with Gasteiger partial charge in [0.15, 0.2) is 0 Å². The largest absolute Gasteiger partial charge is 0.490 e. The molecule has 0 amide bonds. The Bertz CT molecular complexity index is 287. The average Bonchev–Trinajstić information content (AvgIpc) is 1.43. The minimum Gasteiger partial charge on any atom is -0.302 e. The summed E-state index contributed by atoms with van der Waals surface area (Å²) in [6.07, 6.45) is 0. The molecule has 0 saturated heterocycles. The van der Waals surface area contributed by atoms with E-state index >= 15 is 0 Å². The molecule has 0 saturated carbocycles. The molecule has 0 aromatic rings. The molecule has 0 aromatic carbocycles. The van der Waals surface area contributed by atoms with Crippen molar-refractivity contribution in [1.82, 2.24) is 0 Å². The summed E-state index contributed by atoms with van der Waals surface area (Å²) in [6, 6.07) is 0. The van der Waals surface area contributed by atoms with E-state index in [4.69, 9.17) is 24.5 Å². The van der Waals surface area contributed by atoms with Crippen molar-refractivity contribution in [3.05, 3.63) is 0 Å². The molecule has 5 radical (unpaired) electrons. The summed E-state index contributed by atoms with van der Waals surface area (Å²) in [5, 5.41) is 0. The van der Waals surface area contributed by atoms with E-state index in [9.17, 15) is 13.7 Å². The summed E-state index contributed by atoms with van der Waals surface area (Å²) in [4.78, 5) is 40.2. The van der Waals surface area contributed by atoms with E-state index in [1.807, 2.05) is 0 Å². The van der Waals surface area contributed by atoms with Crippen LogP contribution in [0.1, 0.15) is 0 Å². The van der Waals surface area contributed by atoms with E-state index in [1.54, 1.807) is 0 Å². The Morgan fingerprint density at radius 1 is 0.556 bits per heavy atom. The summed E-state index contributed by atoms with van der Waals surface area (Å²) in [7, 11) is -16.2. The van der Waals surface area contributed by atoms with Crippen molar-refractivity contribution in [3.63, 3.8) is 0 Å². The van der Waals surface area contributed by atoms with E-state index in [2.05, 4.69) is 8.62 Å². The Balaban J connectivity index is -0.0000000720. The molecule has 0 heterocycles. The molecule has 0 aliphatic heterocycles. The van der Waals surface area contributed by atoms with Crippen LogP contribution in [0.3, 0.4) is 0 Å². The molecule has 10 nitrogen and oxygen atoms in total. The third-order valence-corrected chi connectivity index (χ3v) is 3.77. The van der Waals surface area contributed by atoms with Crippen molar-refractivity contribution in [3.8, 4) is 0 Å². The van der Waals surface area contributed by atoms with Crippen LogP contribution in [0.4, 0.5) is 0 Å². The number of phosphoric acid groups is 3. The van der Waals surface area contributed by atoms with E-state index < -0.39 is 23.5 Å². The molecule has 18 heteroatoms. The average molecular weight is 453 g/mol. The van der Waals surface area contributed by atoms with Gasteiger partial charge in [-0.15, -0.1) is 0 Å². The predicted octanol–water partition coefficient (Wildman–Crippen LogP) is -2.60. The standard InChI is InChI=1S/5K.H5O10P3/c;;;;;1-11(2,3)9-13(7,8)10-12(4,5)6/h;;;;;(H,7,8)(H2,1,2,3)(H2,4,5,6). The van der Waals surface area contributed by atoms with Crippen molar-refractivity contribution in [2.75, 3.05) is 0 Å². The van der Waals surface area contributed by atoms with Gasteiger partial charge in [0.2, 0.25) is 0 Å². The second kappa shape index (κ2) is 18.9. The molecule has 0 bridgehead atoms. The van der Waals surface area contributed by atoms with Crippen molar-refractivity contribution in [2.24, 2.45) is 0 Å². The molecule has 85 valence electrons. The Morgan fingerprint density at radius 3 is 0.833 bits per heavy atom. The van der Waals surface area contributed by atoms with E-state index in [1.165, 1.54) is 0 Å². The Hall–Kier alpha value is 8.59. The van der Waals surface area contributed by atoms with Crippen LogP contribution in [0.2, 0.25) is 0 Å². The van der Waals surface area contributed by atoms with Gasteiger partial charge in [0.25, 0.3) is 0 Å². The predicted molar refractivity (Wildman–Crippen MR) is 64.9 cm³/mol. The zero-order valence-corrected chi connectivity index (χ0v) is 28.9. The summed E-state index contributed by atoms with van der Waals surface area (Å²) in [5.41, 5.74) is 0. The second-order valence-corrected chi connectivity index (χ2v) is 5.82. The summed E-state index contributed by atoms with van der Waals surface area (Å²) < 4.78 is 36.4. The van der Waals surface area contributed by atoms with Crippen LogP contribution in [0.15, 0.2) is 0 Å². The molecule has 0 atom stereocenters. The summed E-state index contributed by atoms with van der Waals surface area (Å²) in [5.74, 6) is 0. The first-order valence-corrected chi connectivity index (χ1v) is 6.83. The van der Waals surface area contributed by atoms with Crippen LogP contribution in [-0.4, -0.2) is 281 Å². The van der Waals surface area contributed by atoms with Gasteiger partial charge in [0.05, 0.1) is 0 Å². The van der Waals surface area contributed by atoms with Gasteiger partial charge in [0.1, 0.15) is 0 Å². The van der Waals surface area contributed by atoms with E-state index in [-0.39, 0.29) is 257 Å². The summed E-state index contributed by atoms with van der Waals surface area (Å²) in [6.45, 7) is 0. The molecular formula is H5K5O10P3. The fourth-order valence-electron chi connectivity index (χ4n) is 0.284. The first-order valence-electron chi connectivity index (χ1n) is 2.28. The molecule has 0 spiro atoms. The molecular weight excluding hydrogens is 448 g/mol. The molecule has 0 aliphatic rings. The Kier molecular flexibility index (Phi) is 43.2. The van der Waals surface area contributed by atoms with Gasteiger partial charge in [-0.25, -0.2) is 13.7 Å². The van der Waals surface area contributed by atoms with Crippen LogP contribution in [0, 0.1) is 0 Å². The van der Waals surface area contributed by atoms with Gasteiger partial charge >= 0.3 is 23.5 Å². The molecule has 5 N–H and O–H groups in total. The van der Waals surface area contributed by atoms with Gasteiger partial charge in [-0.1, -0.05) is 0 Å². The van der Waals surface area contributed by atoms with Crippen LogP contribution >= 0.6 is 23.5 Å². The van der Waals surface area contributed by atoms with Gasteiger partial charge in [-0.3, -0.25) is 0 Å². The molecule has 18 heavy (non-hydrogen) atoms. The molecule has 0 rings (SSSR count). The van der Waals surface area contributed by atoms with Crippen LogP contribution < -0.4 is 0 Å². The molecule has 0 unspecified atom stereocenters. The molecule has 0 aliphatic carbocycles. The zero-order valence-electron chi connectivity index (χ0n) is 10.6. The summed E-state index contributed by atoms with van der Waals surface area (Å²) >= 11 is 0. The third-order valence-electron chi connectivity index (χ3n) is 0.419. The molecule has 0 aromatic heterocycles. The van der Waals surface area contributed by atoms with Gasteiger partial charge in [-0.05, 0) is 0 Å². The first-order chi connectivity index (χ1) is 5.41. The quantitative estimate of drug-likeness (QED) is 0.225.